The van der Waals surface area contributed by atoms with Crippen LogP contribution >= 0.6 is 11.6 Å². The number of anilines is 2. The normalized spacial score (nSPS) is 12.5. The van der Waals surface area contributed by atoms with Crippen molar-refractivity contribution in [3.8, 4) is 0 Å². The van der Waals surface area contributed by atoms with E-state index in [9.17, 15) is 0 Å². The third kappa shape index (κ3) is 2.45. The van der Waals surface area contributed by atoms with E-state index in [1.165, 1.54) is 6.33 Å². The van der Waals surface area contributed by atoms with Crippen LogP contribution in [0.3, 0.4) is 0 Å². The molecular weight excluding hydrogens is 188 g/mol. The molecule has 3 N–H and O–H groups in total. The van der Waals surface area contributed by atoms with Gasteiger partial charge in [0, 0.05) is 6.04 Å². The van der Waals surface area contributed by atoms with Crippen molar-refractivity contribution < 1.29 is 0 Å². The number of nitrogen functional groups attached to an aromatic ring is 1. The van der Waals surface area contributed by atoms with E-state index in [0.717, 1.165) is 6.42 Å². The summed E-state index contributed by atoms with van der Waals surface area (Å²) >= 11 is 5.72. The van der Waals surface area contributed by atoms with Crippen molar-refractivity contribution in [3.05, 3.63) is 11.5 Å². The molecule has 0 amide bonds. The highest BCUT2D eigenvalue weighted by atomic mass is 35.5. The number of hydrogen-bond donors (Lipinski definition) is 2. The van der Waals surface area contributed by atoms with E-state index in [-0.39, 0.29) is 0 Å². The Morgan fingerprint density at radius 1 is 1.62 bits per heavy atom. The third-order valence-electron chi connectivity index (χ3n) is 1.83. The van der Waals surface area contributed by atoms with Gasteiger partial charge in [-0.05, 0) is 13.3 Å². The van der Waals surface area contributed by atoms with Crippen LogP contribution in [0.1, 0.15) is 20.3 Å². The summed E-state index contributed by atoms with van der Waals surface area (Å²) in [6.45, 7) is 4.13. The fourth-order valence-electron chi connectivity index (χ4n) is 0.825. The van der Waals surface area contributed by atoms with Crippen LogP contribution in [0.5, 0.6) is 0 Å². The first-order valence-electron chi connectivity index (χ1n) is 4.17. The maximum absolute atomic E-state index is 5.72. The molecule has 0 fully saturated rings. The Morgan fingerprint density at radius 3 is 2.92 bits per heavy atom. The summed E-state index contributed by atoms with van der Waals surface area (Å²) in [4.78, 5) is 7.76. The van der Waals surface area contributed by atoms with E-state index >= 15 is 0 Å². The van der Waals surface area contributed by atoms with E-state index in [1.807, 2.05) is 0 Å². The molecule has 1 rings (SSSR count). The minimum absolute atomic E-state index is 0.292. The molecular formula is C8H13ClN4. The highest BCUT2D eigenvalue weighted by Crippen LogP contribution is 2.22. The van der Waals surface area contributed by atoms with E-state index in [0.29, 0.717) is 22.7 Å². The molecule has 13 heavy (non-hydrogen) atoms. The van der Waals surface area contributed by atoms with Crippen molar-refractivity contribution in [1.82, 2.24) is 9.97 Å². The molecule has 0 saturated heterocycles. The highest BCUT2D eigenvalue weighted by Gasteiger charge is 2.07. The second-order valence-corrected chi connectivity index (χ2v) is 3.24. The zero-order chi connectivity index (χ0) is 9.84. The van der Waals surface area contributed by atoms with Crippen molar-refractivity contribution in [2.45, 2.75) is 26.3 Å². The zero-order valence-electron chi connectivity index (χ0n) is 7.71. The van der Waals surface area contributed by atoms with Crippen LogP contribution < -0.4 is 11.1 Å². The summed E-state index contributed by atoms with van der Waals surface area (Å²) in [5.41, 5.74) is 6.07. The number of nitrogens with zero attached hydrogens (tertiary/aromatic N) is 2. The van der Waals surface area contributed by atoms with Crippen molar-refractivity contribution in [2.75, 3.05) is 11.1 Å². The summed E-state index contributed by atoms with van der Waals surface area (Å²) in [7, 11) is 0. The molecule has 0 aliphatic heterocycles. The lowest BCUT2D eigenvalue weighted by atomic mass is 10.2. The molecule has 0 saturated carbocycles. The van der Waals surface area contributed by atoms with Crippen molar-refractivity contribution in [2.24, 2.45) is 0 Å². The molecule has 1 aromatic rings. The lowest BCUT2D eigenvalue weighted by molar-refractivity contribution is 0.759. The van der Waals surface area contributed by atoms with Gasteiger partial charge in [0.25, 0.3) is 0 Å². The largest absolute Gasteiger partial charge is 0.393 e. The van der Waals surface area contributed by atoms with Gasteiger partial charge < -0.3 is 11.1 Å². The Labute approximate surface area is 82.5 Å². The van der Waals surface area contributed by atoms with Gasteiger partial charge in [0.1, 0.15) is 12.0 Å². The van der Waals surface area contributed by atoms with Crippen LogP contribution in [0.2, 0.25) is 5.15 Å². The number of aromatic nitrogens is 2. The second-order valence-electron chi connectivity index (χ2n) is 2.88. The van der Waals surface area contributed by atoms with Crippen LogP contribution in [0, 0.1) is 0 Å². The van der Waals surface area contributed by atoms with Gasteiger partial charge in [-0.15, -0.1) is 0 Å². The van der Waals surface area contributed by atoms with Crippen molar-refractivity contribution >= 4 is 23.1 Å². The third-order valence-corrected chi connectivity index (χ3v) is 2.13. The molecule has 0 bridgehead atoms. The molecule has 0 aromatic carbocycles. The summed E-state index contributed by atoms with van der Waals surface area (Å²) in [6.07, 6.45) is 2.39. The van der Waals surface area contributed by atoms with E-state index in [4.69, 9.17) is 17.3 Å². The molecule has 1 heterocycles. The fraction of sp³-hybridized carbons (Fsp3) is 0.500. The van der Waals surface area contributed by atoms with Crippen LogP contribution in [0.4, 0.5) is 11.5 Å². The number of nitrogens with one attached hydrogen (secondary N) is 1. The molecule has 1 atom stereocenters. The first kappa shape index (κ1) is 10.1. The van der Waals surface area contributed by atoms with Crippen LogP contribution in [0.25, 0.3) is 0 Å². The van der Waals surface area contributed by atoms with Gasteiger partial charge in [-0.1, -0.05) is 18.5 Å². The van der Waals surface area contributed by atoms with E-state index in [1.54, 1.807) is 0 Å². The molecule has 72 valence electrons. The maximum Gasteiger partial charge on any atom is 0.157 e. The van der Waals surface area contributed by atoms with Crippen LogP contribution in [-0.4, -0.2) is 16.0 Å². The maximum atomic E-state index is 5.72. The molecule has 1 aromatic heterocycles. The topological polar surface area (TPSA) is 63.8 Å². The van der Waals surface area contributed by atoms with Gasteiger partial charge in [-0.2, -0.15) is 0 Å². The summed E-state index contributed by atoms with van der Waals surface area (Å²) in [5, 5.41) is 3.43. The Hall–Kier alpha value is -1.03. The quantitative estimate of drug-likeness (QED) is 0.732. The summed E-state index contributed by atoms with van der Waals surface area (Å²) < 4.78 is 0. The molecule has 0 radical (unpaired) electrons. The first-order chi connectivity index (χ1) is 6.15. The standard InChI is InChI=1S/C8H13ClN4/c1-3-5(2)13-8-6(10)7(9)11-4-12-8/h4-5H,3,10H2,1-2H3,(H,11,12,13)/t5-/m0/s1. The van der Waals surface area contributed by atoms with Gasteiger partial charge in [-0.25, -0.2) is 9.97 Å². The Balaban J connectivity index is 2.83. The minimum atomic E-state index is 0.292. The average Bonchev–Trinajstić information content (AvgIpc) is 2.13. The van der Waals surface area contributed by atoms with Gasteiger partial charge in [-0.3, -0.25) is 0 Å². The van der Waals surface area contributed by atoms with Crippen molar-refractivity contribution in [1.29, 1.82) is 0 Å². The number of rotatable bonds is 3. The number of nitrogens with two attached hydrogens (primary N) is 1. The van der Waals surface area contributed by atoms with Crippen LogP contribution in [-0.2, 0) is 0 Å². The molecule has 4 nitrogen and oxygen atoms in total. The van der Waals surface area contributed by atoms with Crippen LogP contribution in [0.15, 0.2) is 6.33 Å². The first-order valence-corrected chi connectivity index (χ1v) is 4.55. The van der Waals surface area contributed by atoms with Gasteiger partial charge in [0.15, 0.2) is 11.0 Å². The monoisotopic (exact) mass is 200 g/mol. The molecule has 0 spiro atoms. The molecule has 0 aliphatic rings. The average molecular weight is 201 g/mol. The molecule has 0 unspecified atom stereocenters. The van der Waals surface area contributed by atoms with Crippen molar-refractivity contribution in [3.63, 3.8) is 0 Å². The zero-order valence-corrected chi connectivity index (χ0v) is 8.47. The predicted octanol–water partition coefficient (Wildman–Crippen LogP) is 1.92. The Kier molecular flexibility index (Phi) is 3.31. The summed E-state index contributed by atoms with van der Waals surface area (Å²) in [5.74, 6) is 0.606. The van der Waals surface area contributed by atoms with E-state index < -0.39 is 0 Å². The lowest BCUT2D eigenvalue weighted by Gasteiger charge is -2.13. The summed E-state index contributed by atoms with van der Waals surface area (Å²) in [6, 6.07) is 0.327. The number of halogens is 1. The predicted molar refractivity (Wildman–Crippen MR) is 54.8 cm³/mol. The van der Waals surface area contributed by atoms with E-state index in [2.05, 4.69) is 29.1 Å². The minimum Gasteiger partial charge on any atom is -0.393 e. The van der Waals surface area contributed by atoms with Gasteiger partial charge >= 0.3 is 0 Å². The molecule has 0 aliphatic carbocycles. The van der Waals surface area contributed by atoms with Gasteiger partial charge in [0.2, 0.25) is 0 Å². The van der Waals surface area contributed by atoms with Gasteiger partial charge in [0.05, 0.1) is 0 Å². The Morgan fingerprint density at radius 2 is 2.31 bits per heavy atom. The SMILES string of the molecule is CC[C@H](C)Nc1ncnc(Cl)c1N. The lowest BCUT2D eigenvalue weighted by Crippen LogP contribution is -2.16. The highest BCUT2D eigenvalue weighted by molar-refractivity contribution is 6.32. The fourth-order valence-corrected chi connectivity index (χ4v) is 0.958. The smallest absolute Gasteiger partial charge is 0.157 e. The molecule has 5 heteroatoms. The number of hydrogen-bond acceptors (Lipinski definition) is 4. The Bertz CT molecular complexity index is 289. The second kappa shape index (κ2) is 4.28.